The van der Waals surface area contributed by atoms with E-state index in [1.165, 1.54) is 16.8 Å². The lowest BCUT2D eigenvalue weighted by Gasteiger charge is -2.23. The van der Waals surface area contributed by atoms with Crippen molar-refractivity contribution in [2.45, 2.75) is 6.18 Å². The fourth-order valence-electron chi connectivity index (χ4n) is 2.21. The molecule has 0 bridgehead atoms. The molecule has 8 heteroatoms. The zero-order chi connectivity index (χ0) is 15.2. The van der Waals surface area contributed by atoms with E-state index in [-0.39, 0.29) is 35.2 Å². The second-order valence-corrected chi connectivity index (χ2v) is 4.59. The largest absolute Gasteiger partial charge is 0.486 e. The summed E-state index contributed by atoms with van der Waals surface area (Å²) in [5.74, 6) is 0.579. The van der Waals surface area contributed by atoms with E-state index in [2.05, 4.69) is 5.10 Å². The summed E-state index contributed by atoms with van der Waals surface area (Å²) in [5, 5.41) is 4.02. The highest BCUT2D eigenvalue weighted by Gasteiger charge is 2.37. The summed E-state index contributed by atoms with van der Waals surface area (Å²) in [6.45, 7) is 0.478. The van der Waals surface area contributed by atoms with Gasteiger partial charge in [0.1, 0.15) is 19.0 Å². The van der Waals surface area contributed by atoms with Gasteiger partial charge in [-0.05, 0) is 12.1 Å². The highest BCUT2D eigenvalue weighted by Crippen LogP contribution is 2.47. The van der Waals surface area contributed by atoms with Crippen LogP contribution in [-0.2, 0) is 13.2 Å². The molecule has 3 rings (SSSR count). The minimum Gasteiger partial charge on any atom is -0.486 e. The third-order valence-corrected chi connectivity index (χ3v) is 3.19. The average Bonchev–Trinajstić information content (AvgIpc) is 2.76. The second kappa shape index (κ2) is 4.57. The number of hydrogen-bond acceptors (Lipinski definition) is 4. The smallest absolute Gasteiger partial charge is 0.417 e. The summed E-state index contributed by atoms with van der Waals surface area (Å²) >= 11 is 0. The number of hydrogen-bond donors (Lipinski definition) is 1. The van der Waals surface area contributed by atoms with E-state index in [4.69, 9.17) is 15.2 Å². The molecular weight excluding hydrogens is 287 g/mol. The van der Waals surface area contributed by atoms with Crippen LogP contribution in [0.15, 0.2) is 18.2 Å². The number of alkyl halides is 3. The maximum atomic E-state index is 13.2. The van der Waals surface area contributed by atoms with Gasteiger partial charge in [0.05, 0.1) is 16.8 Å². The van der Waals surface area contributed by atoms with Crippen LogP contribution in [0.25, 0.3) is 11.3 Å². The van der Waals surface area contributed by atoms with Gasteiger partial charge in [0.2, 0.25) is 0 Å². The van der Waals surface area contributed by atoms with E-state index in [1.54, 1.807) is 7.05 Å². The van der Waals surface area contributed by atoms with Crippen LogP contribution < -0.4 is 15.2 Å². The van der Waals surface area contributed by atoms with Gasteiger partial charge in [-0.25, -0.2) is 0 Å². The molecule has 5 nitrogen and oxygen atoms in total. The zero-order valence-electron chi connectivity index (χ0n) is 11.1. The Labute approximate surface area is 118 Å². The molecule has 2 heterocycles. The molecule has 0 fully saturated rings. The second-order valence-electron chi connectivity index (χ2n) is 4.59. The van der Waals surface area contributed by atoms with Crippen LogP contribution in [0.5, 0.6) is 11.5 Å². The molecule has 0 saturated heterocycles. The molecule has 0 atom stereocenters. The van der Waals surface area contributed by atoms with Crippen LogP contribution >= 0.6 is 0 Å². The quantitative estimate of drug-likeness (QED) is 0.878. The first-order chi connectivity index (χ1) is 9.88. The van der Waals surface area contributed by atoms with Gasteiger partial charge in [-0.15, -0.1) is 0 Å². The maximum Gasteiger partial charge on any atom is 0.417 e. The van der Waals surface area contributed by atoms with Gasteiger partial charge in [0, 0.05) is 13.1 Å². The Bertz CT molecular complexity index is 675. The summed E-state index contributed by atoms with van der Waals surface area (Å²) in [6.07, 6.45) is -4.53. The van der Waals surface area contributed by atoms with Crippen molar-refractivity contribution in [3.8, 4) is 22.8 Å². The predicted molar refractivity (Wildman–Crippen MR) is 69.0 cm³/mol. The molecule has 1 aliphatic rings. The van der Waals surface area contributed by atoms with E-state index >= 15 is 0 Å². The van der Waals surface area contributed by atoms with Crippen molar-refractivity contribution in [1.29, 1.82) is 0 Å². The molecule has 112 valence electrons. The van der Waals surface area contributed by atoms with Crippen molar-refractivity contribution in [1.82, 2.24) is 9.78 Å². The lowest BCUT2D eigenvalue weighted by molar-refractivity contribution is -0.137. The fraction of sp³-hybridized carbons (Fsp3) is 0.308. The fourth-order valence-corrected chi connectivity index (χ4v) is 2.21. The molecule has 1 aromatic heterocycles. The zero-order valence-corrected chi connectivity index (χ0v) is 11.1. The van der Waals surface area contributed by atoms with Crippen LogP contribution in [0.1, 0.15) is 5.56 Å². The number of rotatable bonds is 1. The van der Waals surface area contributed by atoms with Gasteiger partial charge < -0.3 is 15.2 Å². The number of nitrogen functional groups attached to an aromatic ring is 1. The first kappa shape index (κ1) is 13.6. The van der Waals surface area contributed by atoms with E-state index in [0.29, 0.717) is 6.61 Å². The van der Waals surface area contributed by atoms with E-state index in [0.717, 1.165) is 6.07 Å². The topological polar surface area (TPSA) is 62.3 Å². The molecule has 0 aliphatic carbocycles. The summed E-state index contributed by atoms with van der Waals surface area (Å²) in [7, 11) is 1.55. The molecule has 2 aromatic rings. The van der Waals surface area contributed by atoms with Gasteiger partial charge in [-0.2, -0.15) is 18.3 Å². The monoisotopic (exact) mass is 299 g/mol. The number of nitrogens with two attached hydrogens (primary N) is 1. The van der Waals surface area contributed by atoms with Gasteiger partial charge >= 0.3 is 6.18 Å². The molecule has 0 unspecified atom stereocenters. The summed E-state index contributed by atoms with van der Waals surface area (Å²) in [4.78, 5) is 0. The van der Waals surface area contributed by atoms with Crippen LogP contribution in [0.4, 0.5) is 19.0 Å². The summed E-state index contributed by atoms with van der Waals surface area (Å²) in [5.41, 5.74) is 4.79. The Morgan fingerprint density at radius 1 is 1.24 bits per heavy atom. The lowest BCUT2D eigenvalue weighted by atomic mass is 10.0. The Morgan fingerprint density at radius 2 is 1.95 bits per heavy atom. The van der Waals surface area contributed by atoms with Gasteiger partial charge in [-0.3, -0.25) is 4.68 Å². The van der Waals surface area contributed by atoms with Crippen molar-refractivity contribution in [2.75, 3.05) is 18.9 Å². The standard InChI is InChI=1S/C13H12F3N3O2/c1-19-10(17)6-8(18-19)11-7(13(14,15)16)2-3-9-12(11)21-5-4-20-9/h2-3,6H,4-5,17H2,1H3. The van der Waals surface area contributed by atoms with Crippen LogP contribution in [0, 0.1) is 0 Å². The molecule has 0 spiro atoms. The third kappa shape index (κ3) is 2.26. The van der Waals surface area contributed by atoms with Gasteiger partial charge in [0.15, 0.2) is 11.5 Å². The first-order valence-electron chi connectivity index (χ1n) is 6.17. The molecule has 0 amide bonds. The lowest BCUT2D eigenvalue weighted by Crippen LogP contribution is -2.18. The number of aromatic nitrogens is 2. The Kier molecular flexibility index (Phi) is 2.96. The van der Waals surface area contributed by atoms with Crippen molar-refractivity contribution in [3.63, 3.8) is 0 Å². The van der Waals surface area contributed by atoms with Crippen LogP contribution in [0.3, 0.4) is 0 Å². The van der Waals surface area contributed by atoms with Crippen molar-refractivity contribution in [3.05, 3.63) is 23.8 Å². The van der Waals surface area contributed by atoms with Crippen LogP contribution in [0.2, 0.25) is 0 Å². The number of nitrogens with zero attached hydrogens (tertiary/aromatic N) is 2. The molecule has 0 saturated carbocycles. The number of halogens is 3. The average molecular weight is 299 g/mol. The number of benzene rings is 1. The van der Waals surface area contributed by atoms with Gasteiger partial charge in [-0.1, -0.05) is 0 Å². The SMILES string of the molecule is Cn1nc(-c2c(C(F)(F)F)ccc3c2OCCO3)cc1N. The first-order valence-corrected chi connectivity index (χ1v) is 6.17. The number of fused-ring (bicyclic) bond motifs is 1. The highest BCUT2D eigenvalue weighted by molar-refractivity contribution is 5.77. The Balaban J connectivity index is 2.28. The van der Waals surface area contributed by atoms with Crippen molar-refractivity contribution < 1.29 is 22.6 Å². The van der Waals surface area contributed by atoms with Crippen molar-refractivity contribution in [2.24, 2.45) is 7.05 Å². The minimum atomic E-state index is -4.53. The van der Waals surface area contributed by atoms with Crippen molar-refractivity contribution >= 4 is 5.82 Å². The predicted octanol–water partition coefficient (Wildman–Crippen LogP) is 2.46. The Morgan fingerprint density at radius 3 is 2.57 bits per heavy atom. The van der Waals surface area contributed by atoms with Gasteiger partial charge in [0.25, 0.3) is 0 Å². The molecule has 1 aromatic carbocycles. The highest BCUT2D eigenvalue weighted by atomic mass is 19.4. The number of ether oxygens (including phenoxy) is 2. The normalized spacial score (nSPS) is 14.3. The number of anilines is 1. The maximum absolute atomic E-state index is 13.2. The molecular formula is C13H12F3N3O2. The minimum absolute atomic E-state index is 0.0502. The van der Waals surface area contributed by atoms with E-state index < -0.39 is 11.7 Å². The molecule has 1 aliphatic heterocycles. The molecule has 2 N–H and O–H groups in total. The van der Waals surface area contributed by atoms with E-state index in [1.807, 2.05) is 0 Å². The Hall–Kier alpha value is -2.38. The van der Waals surface area contributed by atoms with E-state index in [9.17, 15) is 13.2 Å². The molecule has 21 heavy (non-hydrogen) atoms. The summed E-state index contributed by atoms with van der Waals surface area (Å²) < 4.78 is 51.8. The number of aryl methyl sites for hydroxylation is 1. The molecule has 0 radical (unpaired) electrons. The summed E-state index contributed by atoms with van der Waals surface area (Å²) in [6, 6.07) is 3.60. The third-order valence-electron chi connectivity index (χ3n) is 3.19. The van der Waals surface area contributed by atoms with Crippen LogP contribution in [-0.4, -0.2) is 23.0 Å².